The fourth-order valence-corrected chi connectivity index (χ4v) is 3.02. The molecule has 0 saturated carbocycles. The first-order valence-electron chi connectivity index (χ1n) is 9.63. The number of amides is 2. The molecule has 3 aromatic rings. The lowest BCUT2D eigenvalue weighted by atomic mass is 10.1. The van der Waals surface area contributed by atoms with Crippen molar-refractivity contribution in [3.63, 3.8) is 0 Å². The van der Waals surface area contributed by atoms with Crippen LogP contribution in [0.4, 0.5) is 0 Å². The maximum Gasteiger partial charge on any atom is 0.255 e. The molecule has 9 heteroatoms. The molecule has 0 spiro atoms. The van der Waals surface area contributed by atoms with Crippen LogP contribution in [0.15, 0.2) is 30.5 Å². The summed E-state index contributed by atoms with van der Waals surface area (Å²) in [6.45, 7) is 3.51. The lowest BCUT2D eigenvalue weighted by Crippen LogP contribution is -2.33. The molecule has 2 heterocycles. The molecule has 0 unspecified atom stereocenters. The highest BCUT2D eigenvalue weighted by Crippen LogP contribution is 2.32. The molecular weight excluding hydrogens is 398 g/mol. The van der Waals surface area contributed by atoms with E-state index in [1.165, 1.54) is 21.0 Å². The van der Waals surface area contributed by atoms with Crippen molar-refractivity contribution in [2.75, 3.05) is 20.2 Å². The fraction of sp³-hybridized carbons (Fsp3) is 0.227. The quantitative estimate of drug-likeness (QED) is 0.378. The second kappa shape index (κ2) is 9.66. The highest BCUT2D eigenvalue weighted by atomic mass is 16.5. The van der Waals surface area contributed by atoms with Gasteiger partial charge in [0.1, 0.15) is 11.4 Å². The Morgan fingerprint density at radius 3 is 2.48 bits per heavy atom. The molecule has 2 amide bonds. The number of rotatable bonds is 8. The van der Waals surface area contributed by atoms with Crippen LogP contribution in [0.2, 0.25) is 0 Å². The molecule has 1 aromatic carbocycles. The third-order valence-electron chi connectivity index (χ3n) is 4.52. The number of methoxy groups -OCH3 is 1. The van der Waals surface area contributed by atoms with Crippen molar-refractivity contribution in [3.8, 4) is 5.75 Å². The Kier molecular flexibility index (Phi) is 6.76. The standard InChI is InChI=1S/C22H23N5O4/c1-13(28)17-7-4-15(12-25-17)5-8-18-20-19(27-26-18)9-6-16(21(20)31-3)22(30)24-11-10-23-14(2)29/h4-9,12H,10-11H2,1-3H3,(H,23,29)(H,24,30)(H,26,27). The number of Topliss-reactive ketones (excluding diaryl/α,β-unsaturated/α-hetero) is 1. The molecule has 0 aliphatic carbocycles. The van der Waals surface area contributed by atoms with Crippen LogP contribution in [0.3, 0.4) is 0 Å². The summed E-state index contributed by atoms with van der Waals surface area (Å²) in [6, 6.07) is 6.87. The first kappa shape index (κ1) is 21.7. The van der Waals surface area contributed by atoms with Gasteiger partial charge in [-0.05, 0) is 29.8 Å². The van der Waals surface area contributed by atoms with Crippen molar-refractivity contribution < 1.29 is 19.1 Å². The monoisotopic (exact) mass is 421 g/mol. The van der Waals surface area contributed by atoms with E-state index in [1.807, 2.05) is 6.08 Å². The number of hydrogen-bond donors (Lipinski definition) is 3. The Hall–Kier alpha value is -4.01. The molecule has 0 saturated heterocycles. The number of ketones is 1. The van der Waals surface area contributed by atoms with Crippen LogP contribution in [0.25, 0.3) is 23.1 Å². The molecule has 3 rings (SSSR count). The molecule has 0 aliphatic heterocycles. The number of hydrogen-bond acceptors (Lipinski definition) is 6. The van der Waals surface area contributed by atoms with E-state index in [9.17, 15) is 14.4 Å². The zero-order valence-corrected chi connectivity index (χ0v) is 17.5. The van der Waals surface area contributed by atoms with Crippen molar-refractivity contribution in [1.82, 2.24) is 25.8 Å². The first-order chi connectivity index (χ1) is 14.9. The van der Waals surface area contributed by atoms with Gasteiger partial charge in [0.2, 0.25) is 5.91 Å². The van der Waals surface area contributed by atoms with E-state index in [0.717, 1.165) is 11.1 Å². The van der Waals surface area contributed by atoms with Crippen molar-refractivity contribution in [1.29, 1.82) is 0 Å². The van der Waals surface area contributed by atoms with Crippen molar-refractivity contribution >= 4 is 40.7 Å². The molecule has 0 aliphatic rings. The van der Waals surface area contributed by atoms with E-state index >= 15 is 0 Å². The Bertz CT molecular complexity index is 1150. The zero-order chi connectivity index (χ0) is 22.4. The smallest absolute Gasteiger partial charge is 0.255 e. The van der Waals surface area contributed by atoms with E-state index in [0.29, 0.717) is 41.2 Å². The van der Waals surface area contributed by atoms with Crippen molar-refractivity contribution in [2.24, 2.45) is 0 Å². The molecule has 3 N–H and O–H groups in total. The number of benzene rings is 1. The third-order valence-corrected chi connectivity index (χ3v) is 4.52. The average molecular weight is 421 g/mol. The average Bonchev–Trinajstić information content (AvgIpc) is 3.17. The number of H-pyrrole nitrogens is 1. The van der Waals surface area contributed by atoms with Crippen LogP contribution in [0, 0.1) is 0 Å². The number of carbonyl (C=O) groups excluding carboxylic acids is 3. The minimum absolute atomic E-state index is 0.0959. The summed E-state index contributed by atoms with van der Waals surface area (Å²) in [7, 11) is 1.49. The summed E-state index contributed by atoms with van der Waals surface area (Å²) in [5.74, 6) is -0.173. The predicted molar refractivity (Wildman–Crippen MR) is 117 cm³/mol. The third kappa shape index (κ3) is 5.13. The summed E-state index contributed by atoms with van der Waals surface area (Å²) in [5.41, 5.74) is 2.87. The Labute approximate surface area is 178 Å². The maximum absolute atomic E-state index is 12.6. The highest BCUT2D eigenvalue weighted by molar-refractivity contribution is 6.05. The molecule has 0 fully saturated rings. The van der Waals surface area contributed by atoms with E-state index in [-0.39, 0.29) is 17.6 Å². The van der Waals surface area contributed by atoms with Gasteiger partial charge >= 0.3 is 0 Å². The van der Waals surface area contributed by atoms with Gasteiger partial charge in [0.15, 0.2) is 5.78 Å². The van der Waals surface area contributed by atoms with E-state index in [1.54, 1.807) is 36.5 Å². The minimum atomic E-state index is -0.316. The van der Waals surface area contributed by atoms with E-state index < -0.39 is 0 Å². The van der Waals surface area contributed by atoms with Gasteiger partial charge in [-0.3, -0.25) is 24.5 Å². The molecule has 0 atom stereocenters. The topological polar surface area (TPSA) is 126 Å². The van der Waals surface area contributed by atoms with Crippen LogP contribution in [0.1, 0.15) is 46.0 Å². The van der Waals surface area contributed by atoms with Crippen LogP contribution >= 0.6 is 0 Å². The number of carbonyl (C=O) groups is 3. The zero-order valence-electron chi connectivity index (χ0n) is 17.5. The lowest BCUT2D eigenvalue weighted by molar-refractivity contribution is -0.118. The van der Waals surface area contributed by atoms with Crippen molar-refractivity contribution in [3.05, 3.63) is 53.0 Å². The Balaban J connectivity index is 1.86. The number of aromatic amines is 1. The van der Waals surface area contributed by atoms with Gasteiger partial charge in [0.05, 0.1) is 29.3 Å². The molecule has 0 bridgehead atoms. The summed E-state index contributed by atoms with van der Waals surface area (Å²) in [4.78, 5) is 39.1. The predicted octanol–water partition coefficient (Wildman–Crippen LogP) is 2.21. The fourth-order valence-electron chi connectivity index (χ4n) is 3.02. The van der Waals surface area contributed by atoms with Crippen LogP contribution in [0.5, 0.6) is 5.75 Å². The Morgan fingerprint density at radius 2 is 1.84 bits per heavy atom. The highest BCUT2D eigenvalue weighted by Gasteiger charge is 2.18. The molecule has 0 radical (unpaired) electrons. The first-order valence-corrected chi connectivity index (χ1v) is 9.63. The summed E-state index contributed by atoms with van der Waals surface area (Å²) in [5, 5.41) is 13.3. The normalized spacial score (nSPS) is 10.9. The van der Waals surface area contributed by atoms with Gasteiger partial charge in [-0.1, -0.05) is 12.1 Å². The second-order valence-corrected chi connectivity index (χ2v) is 6.78. The van der Waals surface area contributed by atoms with Crippen LogP contribution in [-0.4, -0.2) is 53.0 Å². The van der Waals surface area contributed by atoms with Gasteiger partial charge in [-0.25, -0.2) is 0 Å². The number of ether oxygens (including phenoxy) is 1. The van der Waals surface area contributed by atoms with Gasteiger partial charge in [0, 0.05) is 33.1 Å². The van der Waals surface area contributed by atoms with Crippen molar-refractivity contribution in [2.45, 2.75) is 13.8 Å². The van der Waals surface area contributed by atoms with Gasteiger partial charge in [0.25, 0.3) is 5.91 Å². The van der Waals surface area contributed by atoms with Gasteiger partial charge < -0.3 is 15.4 Å². The number of pyridine rings is 1. The van der Waals surface area contributed by atoms with Gasteiger partial charge in [-0.2, -0.15) is 5.10 Å². The summed E-state index contributed by atoms with van der Waals surface area (Å²) >= 11 is 0. The largest absolute Gasteiger partial charge is 0.495 e. The lowest BCUT2D eigenvalue weighted by Gasteiger charge is -2.11. The van der Waals surface area contributed by atoms with E-state index in [4.69, 9.17) is 4.74 Å². The summed E-state index contributed by atoms with van der Waals surface area (Å²) in [6.07, 6.45) is 5.20. The Morgan fingerprint density at radius 1 is 1.06 bits per heavy atom. The number of fused-ring (bicyclic) bond motifs is 1. The molecule has 9 nitrogen and oxygen atoms in total. The number of nitrogens with zero attached hydrogens (tertiary/aromatic N) is 2. The molecule has 160 valence electrons. The van der Waals surface area contributed by atoms with Crippen LogP contribution in [-0.2, 0) is 4.79 Å². The molecule has 2 aromatic heterocycles. The maximum atomic E-state index is 12.6. The SMILES string of the molecule is COc1c(C(=O)NCCNC(C)=O)ccc2[nH]nc(C=Cc3ccc(C(C)=O)nc3)c12. The van der Waals surface area contributed by atoms with Gasteiger partial charge in [-0.15, -0.1) is 0 Å². The van der Waals surface area contributed by atoms with Crippen LogP contribution < -0.4 is 15.4 Å². The number of aromatic nitrogens is 3. The van der Waals surface area contributed by atoms with E-state index in [2.05, 4.69) is 25.8 Å². The molecular formula is C22H23N5O4. The summed E-state index contributed by atoms with van der Waals surface area (Å²) < 4.78 is 5.54. The second-order valence-electron chi connectivity index (χ2n) is 6.78. The number of nitrogens with one attached hydrogen (secondary N) is 3. The minimum Gasteiger partial charge on any atom is -0.495 e. The molecule has 31 heavy (non-hydrogen) atoms.